The third-order valence-electron chi connectivity index (χ3n) is 3.93. The van der Waals surface area contributed by atoms with Crippen LogP contribution in [0.3, 0.4) is 0 Å². The summed E-state index contributed by atoms with van der Waals surface area (Å²) in [6, 6.07) is 23.5. The molecule has 0 aliphatic carbocycles. The van der Waals surface area contributed by atoms with Crippen LogP contribution in [-0.4, -0.2) is 0 Å². The van der Waals surface area contributed by atoms with Gasteiger partial charge < -0.3 is 5.09 Å². The summed E-state index contributed by atoms with van der Waals surface area (Å²) in [6.07, 6.45) is 0. The van der Waals surface area contributed by atoms with E-state index in [-0.39, 0.29) is 0 Å². The maximum atomic E-state index is 13.8. The van der Waals surface area contributed by atoms with Crippen LogP contribution in [0.25, 0.3) is 10.1 Å². The third-order valence-corrected chi connectivity index (χ3v) is 7.52. The SMILES string of the molecule is O=P(/C=C(\Cl)c1ccccc1)(/C=C(\Cl)c1ccccc1)Nc1ccc(Cl)c(Cl)c1. The minimum Gasteiger partial charge on any atom is -0.330 e. The fourth-order valence-electron chi connectivity index (χ4n) is 2.55. The molecule has 7 heteroatoms. The van der Waals surface area contributed by atoms with E-state index in [1.54, 1.807) is 18.2 Å². The standard InChI is InChI=1S/C22H16Cl4NOP/c23-19-12-11-18(13-20(19)24)27-29(28,14-21(25)16-7-3-1-4-8-16)15-22(26)17-9-5-2-6-10-17/h1-15H,(H,27,28)/b21-14-,22-15-. The second-order valence-electron chi connectivity index (χ2n) is 6.14. The number of nitrogens with one attached hydrogen (secondary N) is 1. The molecule has 3 aromatic rings. The molecular weight excluding hydrogens is 467 g/mol. The number of benzene rings is 3. The molecule has 0 amide bonds. The van der Waals surface area contributed by atoms with Crippen LogP contribution in [0.1, 0.15) is 11.1 Å². The third kappa shape index (κ3) is 6.15. The molecule has 3 aromatic carbocycles. The van der Waals surface area contributed by atoms with Gasteiger partial charge in [0.1, 0.15) is 0 Å². The highest BCUT2D eigenvalue weighted by atomic mass is 35.5. The van der Waals surface area contributed by atoms with Crippen LogP contribution in [0.15, 0.2) is 90.5 Å². The summed E-state index contributed by atoms with van der Waals surface area (Å²) in [6.45, 7) is 0. The molecule has 0 heterocycles. The minimum absolute atomic E-state index is 0.343. The van der Waals surface area contributed by atoms with E-state index in [0.29, 0.717) is 25.8 Å². The summed E-state index contributed by atoms with van der Waals surface area (Å²) < 4.78 is 13.8. The minimum atomic E-state index is -3.36. The van der Waals surface area contributed by atoms with Gasteiger partial charge in [0.2, 0.25) is 7.29 Å². The second kappa shape index (κ2) is 9.89. The Morgan fingerprint density at radius 1 is 0.724 bits per heavy atom. The summed E-state index contributed by atoms with van der Waals surface area (Å²) in [5, 5.41) is 4.45. The van der Waals surface area contributed by atoms with Gasteiger partial charge in [-0.25, -0.2) is 0 Å². The van der Waals surface area contributed by atoms with Crippen molar-refractivity contribution in [1.82, 2.24) is 0 Å². The maximum absolute atomic E-state index is 13.8. The number of halogens is 4. The van der Waals surface area contributed by atoms with Crippen molar-refractivity contribution in [1.29, 1.82) is 0 Å². The normalized spacial score (nSPS) is 12.7. The highest BCUT2D eigenvalue weighted by Gasteiger charge is 2.20. The summed E-state index contributed by atoms with van der Waals surface area (Å²) >= 11 is 25.0. The molecule has 2 nitrogen and oxygen atoms in total. The van der Waals surface area contributed by atoms with Gasteiger partial charge >= 0.3 is 0 Å². The Balaban J connectivity index is 2.05. The maximum Gasteiger partial charge on any atom is 0.216 e. The molecule has 0 atom stereocenters. The van der Waals surface area contributed by atoms with Gasteiger partial charge in [0, 0.05) is 17.3 Å². The fourth-order valence-corrected chi connectivity index (χ4v) is 5.69. The van der Waals surface area contributed by atoms with E-state index in [1.807, 2.05) is 60.7 Å². The van der Waals surface area contributed by atoms with E-state index in [4.69, 9.17) is 46.4 Å². The molecule has 0 unspecified atom stereocenters. The Morgan fingerprint density at radius 2 is 1.21 bits per heavy atom. The Labute approximate surface area is 190 Å². The van der Waals surface area contributed by atoms with Gasteiger partial charge in [-0.1, -0.05) is 107 Å². The average molecular weight is 483 g/mol. The molecule has 0 aliphatic heterocycles. The van der Waals surface area contributed by atoms with Crippen LogP contribution in [0.5, 0.6) is 0 Å². The van der Waals surface area contributed by atoms with Gasteiger partial charge in [0.15, 0.2) is 0 Å². The molecule has 0 aliphatic rings. The lowest BCUT2D eigenvalue weighted by Gasteiger charge is -2.16. The first-order chi connectivity index (χ1) is 13.9. The lowest BCUT2D eigenvalue weighted by atomic mass is 10.2. The molecule has 0 aromatic heterocycles. The Hall–Kier alpha value is -1.67. The van der Waals surface area contributed by atoms with Gasteiger partial charge in [-0.05, 0) is 29.3 Å². The summed E-state index contributed by atoms with van der Waals surface area (Å²) in [5.41, 5.74) is 2.02. The monoisotopic (exact) mass is 481 g/mol. The Bertz CT molecular complexity index is 1040. The zero-order valence-corrected chi connectivity index (χ0v) is 18.9. The summed E-state index contributed by atoms with van der Waals surface area (Å²) in [7, 11) is -3.36. The number of hydrogen-bond donors (Lipinski definition) is 1. The molecule has 29 heavy (non-hydrogen) atoms. The molecule has 0 bridgehead atoms. The molecule has 0 saturated carbocycles. The molecular formula is C22H16Cl4NOP. The van der Waals surface area contributed by atoms with E-state index >= 15 is 0 Å². The van der Waals surface area contributed by atoms with Crippen molar-refractivity contribution in [3.05, 3.63) is 112 Å². The first-order valence-corrected chi connectivity index (χ1v) is 11.9. The molecule has 1 N–H and O–H groups in total. The van der Waals surface area contributed by atoms with Crippen molar-refractivity contribution >= 4 is 69.4 Å². The van der Waals surface area contributed by atoms with Crippen molar-refractivity contribution in [2.45, 2.75) is 0 Å². The Morgan fingerprint density at radius 3 is 1.66 bits per heavy atom. The predicted octanol–water partition coefficient (Wildman–Crippen LogP) is 9.16. The molecule has 0 saturated heterocycles. The van der Waals surface area contributed by atoms with Gasteiger partial charge in [0.25, 0.3) is 0 Å². The molecule has 3 rings (SSSR count). The van der Waals surface area contributed by atoms with E-state index < -0.39 is 7.29 Å². The lowest BCUT2D eigenvalue weighted by molar-refractivity contribution is 0.589. The van der Waals surface area contributed by atoms with E-state index in [1.165, 1.54) is 11.6 Å². The van der Waals surface area contributed by atoms with Gasteiger partial charge in [-0.3, -0.25) is 4.57 Å². The highest BCUT2D eigenvalue weighted by molar-refractivity contribution is 7.72. The molecule has 0 radical (unpaired) electrons. The van der Waals surface area contributed by atoms with Crippen molar-refractivity contribution in [3.63, 3.8) is 0 Å². The number of hydrogen-bond acceptors (Lipinski definition) is 1. The van der Waals surface area contributed by atoms with E-state index in [9.17, 15) is 4.57 Å². The smallest absolute Gasteiger partial charge is 0.216 e. The van der Waals surface area contributed by atoms with Crippen molar-refractivity contribution < 1.29 is 4.57 Å². The Kier molecular flexibility index (Phi) is 7.51. The first-order valence-electron chi connectivity index (χ1n) is 8.57. The summed E-state index contributed by atoms with van der Waals surface area (Å²) in [5.74, 6) is 2.97. The van der Waals surface area contributed by atoms with Crippen molar-refractivity contribution in [2.75, 3.05) is 5.09 Å². The molecule has 148 valence electrons. The zero-order chi connectivity index (χ0) is 20.9. The zero-order valence-electron chi connectivity index (χ0n) is 15.0. The van der Waals surface area contributed by atoms with Gasteiger partial charge in [-0.15, -0.1) is 0 Å². The average Bonchev–Trinajstić information content (AvgIpc) is 2.72. The predicted molar refractivity (Wildman–Crippen MR) is 128 cm³/mol. The van der Waals surface area contributed by atoms with E-state index in [0.717, 1.165) is 11.1 Å². The fraction of sp³-hybridized carbons (Fsp3) is 0. The second-order valence-corrected chi connectivity index (χ2v) is 9.92. The van der Waals surface area contributed by atoms with Crippen LogP contribution in [0.2, 0.25) is 10.0 Å². The van der Waals surface area contributed by atoms with Gasteiger partial charge in [-0.2, -0.15) is 0 Å². The quantitative estimate of drug-likeness (QED) is 0.355. The van der Waals surface area contributed by atoms with Crippen molar-refractivity contribution in [3.8, 4) is 0 Å². The highest BCUT2D eigenvalue weighted by Crippen LogP contribution is 2.53. The van der Waals surface area contributed by atoms with Crippen molar-refractivity contribution in [2.24, 2.45) is 0 Å². The summed E-state index contributed by atoms with van der Waals surface area (Å²) in [4.78, 5) is 0. The molecule has 0 spiro atoms. The van der Waals surface area contributed by atoms with Crippen LogP contribution in [0.4, 0.5) is 5.69 Å². The number of anilines is 1. The molecule has 0 fully saturated rings. The van der Waals surface area contributed by atoms with Crippen LogP contribution in [-0.2, 0) is 4.57 Å². The largest absolute Gasteiger partial charge is 0.330 e. The van der Waals surface area contributed by atoms with E-state index in [2.05, 4.69) is 5.09 Å². The lowest BCUT2D eigenvalue weighted by Crippen LogP contribution is -1.94. The number of rotatable bonds is 6. The van der Waals surface area contributed by atoms with Crippen LogP contribution in [0, 0.1) is 0 Å². The van der Waals surface area contributed by atoms with Crippen LogP contribution < -0.4 is 5.09 Å². The van der Waals surface area contributed by atoms with Crippen LogP contribution >= 0.6 is 53.7 Å². The van der Waals surface area contributed by atoms with Gasteiger partial charge in [0.05, 0.1) is 20.1 Å². The first kappa shape index (κ1) is 22.0. The topological polar surface area (TPSA) is 29.1 Å².